The number of amides is 1. The predicted octanol–water partition coefficient (Wildman–Crippen LogP) is 3.76. The van der Waals surface area contributed by atoms with E-state index in [0.717, 1.165) is 38.9 Å². The molecule has 0 aliphatic carbocycles. The SMILES string of the molecule is CN(CCCNC(=O)CBr)CCCc1ccc(Cl)c(Cl)c1. The number of alkyl halides is 1. The van der Waals surface area contributed by atoms with Gasteiger partial charge in [0.15, 0.2) is 0 Å². The summed E-state index contributed by atoms with van der Waals surface area (Å²) in [6.45, 7) is 2.72. The van der Waals surface area contributed by atoms with E-state index in [0.29, 0.717) is 15.4 Å². The van der Waals surface area contributed by atoms with Gasteiger partial charge in [0.05, 0.1) is 15.4 Å². The molecule has 21 heavy (non-hydrogen) atoms. The van der Waals surface area contributed by atoms with Crippen molar-refractivity contribution in [3.63, 3.8) is 0 Å². The minimum atomic E-state index is 0.0391. The number of rotatable bonds is 9. The van der Waals surface area contributed by atoms with Gasteiger partial charge in [0.25, 0.3) is 0 Å². The van der Waals surface area contributed by atoms with E-state index >= 15 is 0 Å². The highest BCUT2D eigenvalue weighted by Gasteiger charge is 2.02. The molecule has 0 radical (unpaired) electrons. The number of carbonyl (C=O) groups is 1. The largest absolute Gasteiger partial charge is 0.355 e. The maximum Gasteiger partial charge on any atom is 0.230 e. The molecule has 0 atom stereocenters. The summed E-state index contributed by atoms with van der Waals surface area (Å²) in [5.74, 6) is 0.0391. The van der Waals surface area contributed by atoms with Crippen LogP contribution in [-0.4, -0.2) is 42.8 Å². The topological polar surface area (TPSA) is 32.3 Å². The average Bonchev–Trinajstić information content (AvgIpc) is 2.47. The van der Waals surface area contributed by atoms with Gasteiger partial charge in [-0.2, -0.15) is 0 Å². The van der Waals surface area contributed by atoms with Crippen molar-refractivity contribution in [3.05, 3.63) is 33.8 Å². The third-order valence-corrected chi connectivity index (χ3v) is 4.40. The van der Waals surface area contributed by atoms with Gasteiger partial charge in [-0.3, -0.25) is 4.79 Å². The normalized spacial score (nSPS) is 10.9. The maximum absolute atomic E-state index is 11.0. The standard InChI is InChI=1S/C15H21BrCl2N2O/c1-20(9-3-7-19-15(21)11-16)8-2-4-12-5-6-13(17)14(18)10-12/h5-6,10H,2-4,7-9,11H2,1H3,(H,19,21). The first kappa shape index (κ1) is 18.8. The Morgan fingerprint density at radius 1 is 1.24 bits per heavy atom. The van der Waals surface area contributed by atoms with Crippen molar-refractivity contribution >= 4 is 45.0 Å². The second kappa shape index (κ2) is 10.4. The van der Waals surface area contributed by atoms with E-state index in [2.05, 4.69) is 33.2 Å². The number of nitrogens with one attached hydrogen (secondary N) is 1. The summed E-state index contributed by atoms with van der Waals surface area (Å²) in [4.78, 5) is 13.3. The van der Waals surface area contributed by atoms with Gasteiger partial charge >= 0.3 is 0 Å². The van der Waals surface area contributed by atoms with Crippen LogP contribution in [0.4, 0.5) is 0 Å². The van der Waals surface area contributed by atoms with Crippen molar-refractivity contribution in [1.29, 1.82) is 0 Å². The summed E-state index contributed by atoms with van der Waals surface area (Å²) < 4.78 is 0. The Balaban J connectivity index is 2.14. The molecule has 0 saturated carbocycles. The van der Waals surface area contributed by atoms with Crippen LogP contribution in [0.2, 0.25) is 10.0 Å². The Hall–Kier alpha value is -0.290. The lowest BCUT2D eigenvalue weighted by atomic mass is 10.1. The highest BCUT2D eigenvalue weighted by molar-refractivity contribution is 9.09. The van der Waals surface area contributed by atoms with Gasteiger partial charge in [0.1, 0.15) is 0 Å². The van der Waals surface area contributed by atoms with Crippen LogP contribution in [0.5, 0.6) is 0 Å². The Bertz CT molecular complexity index is 457. The zero-order valence-electron chi connectivity index (χ0n) is 12.2. The second-order valence-electron chi connectivity index (χ2n) is 4.99. The molecule has 1 rings (SSSR count). The van der Waals surface area contributed by atoms with Crippen LogP contribution in [0, 0.1) is 0 Å². The Labute approximate surface area is 145 Å². The minimum absolute atomic E-state index is 0.0391. The fourth-order valence-electron chi connectivity index (χ4n) is 1.98. The van der Waals surface area contributed by atoms with Crippen molar-refractivity contribution in [3.8, 4) is 0 Å². The summed E-state index contributed by atoms with van der Waals surface area (Å²) in [6, 6.07) is 5.79. The van der Waals surface area contributed by atoms with E-state index in [-0.39, 0.29) is 5.91 Å². The first-order chi connectivity index (χ1) is 10.0. The first-order valence-corrected chi connectivity index (χ1v) is 8.86. The highest BCUT2D eigenvalue weighted by Crippen LogP contribution is 2.23. The summed E-state index contributed by atoms with van der Waals surface area (Å²) in [6.07, 6.45) is 3.02. The molecule has 1 N–H and O–H groups in total. The fraction of sp³-hybridized carbons (Fsp3) is 0.533. The Morgan fingerprint density at radius 2 is 1.95 bits per heavy atom. The van der Waals surface area contributed by atoms with E-state index < -0.39 is 0 Å². The molecule has 0 aliphatic rings. The van der Waals surface area contributed by atoms with Crippen LogP contribution in [0.15, 0.2) is 18.2 Å². The van der Waals surface area contributed by atoms with Gasteiger partial charge in [-0.25, -0.2) is 0 Å². The molecule has 0 spiro atoms. The number of benzene rings is 1. The van der Waals surface area contributed by atoms with E-state index in [1.165, 1.54) is 5.56 Å². The van der Waals surface area contributed by atoms with Crippen molar-refractivity contribution in [1.82, 2.24) is 10.2 Å². The van der Waals surface area contributed by atoms with E-state index in [9.17, 15) is 4.79 Å². The number of hydrogen-bond acceptors (Lipinski definition) is 2. The summed E-state index contributed by atoms with van der Waals surface area (Å²) >= 11 is 15.0. The zero-order valence-corrected chi connectivity index (χ0v) is 15.3. The molecule has 1 aromatic rings. The van der Waals surface area contributed by atoms with Crippen LogP contribution in [-0.2, 0) is 11.2 Å². The molecule has 0 aromatic heterocycles. The zero-order chi connectivity index (χ0) is 15.7. The molecule has 0 unspecified atom stereocenters. The lowest BCUT2D eigenvalue weighted by molar-refractivity contribution is -0.118. The second-order valence-corrected chi connectivity index (χ2v) is 6.37. The molecular formula is C15H21BrCl2N2O. The molecule has 118 valence electrons. The molecular weight excluding hydrogens is 375 g/mol. The van der Waals surface area contributed by atoms with E-state index in [1.807, 2.05) is 18.2 Å². The molecule has 1 aromatic carbocycles. The number of nitrogens with zero attached hydrogens (tertiary/aromatic N) is 1. The fourth-order valence-corrected chi connectivity index (χ4v) is 2.50. The lowest BCUT2D eigenvalue weighted by Gasteiger charge is -2.16. The van der Waals surface area contributed by atoms with Gasteiger partial charge in [0, 0.05) is 6.54 Å². The number of aryl methyl sites for hydroxylation is 1. The molecule has 0 saturated heterocycles. The van der Waals surface area contributed by atoms with Crippen molar-refractivity contribution < 1.29 is 4.79 Å². The molecule has 6 heteroatoms. The number of hydrogen-bond donors (Lipinski definition) is 1. The average molecular weight is 396 g/mol. The monoisotopic (exact) mass is 394 g/mol. The van der Waals surface area contributed by atoms with E-state index in [1.54, 1.807) is 0 Å². The molecule has 1 amide bonds. The molecule has 0 bridgehead atoms. The number of carbonyl (C=O) groups excluding carboxylic acids is 1. The lowest BCUT2D eigenvalue weighted by Crippen LogP contribution is -2.29. The molecule has 0 heterocycles. The highest BCUT2D eigenvalue weighted by atomic mass is 79.9. The third-order valence-electron chi connectivity index (χ3n) is 3.15. The summed E-state index contributed by atoms with van der Waals surface area (Å²) in [5, 5.41) is 4.42. The van der Waals surface area contributed by atoms with E-state index in [4.69, 9.17) is 23.2 Å². The van der Waals surface area contributed by atoms with Gasteiger partial charge in [-0.05, 0) is 57.1 Å². The number of halogens is 3. The predicted molar refractivity (Wildman–Crippen MR) is 93.7 cm³/mol. The smallest absolute Gasteiger partial charge is 0.230 e. The molecule has 0 aliphatic heterocycles. The Kier molecular flexibility index (Phi) is 9.32. The maximum atomic E-state index is 11.0. The van der Waals surface area contributed by atoms with Gasteiger partial charge in [-0.1, -0.05) is 45.2 Å². The van der Waals surface area contributed by atoms with Crippen LogP contribution in [0.3, 0.4) is 0 Å². The van der Waals surface area contributed by atoms with Crippen molar-refractivity contribution in [2.75, 3.05) is 32.0 Å². The molecule has 3 nitrogen and oxygen atoms in total. The van der Waals surface area contributed by atoms with Crippen LogP contribution in [0.1, 0.15) is 18.4 Å². The van der Waals surface area contributed by atoms with Crippen LogP contribution >= 0.6 is 39.1 Å². The van der Waals surface area contributed by atoms with Crippen molar-refractivity contribution in [2.24, 2.45) is 0 Å². The van der Waals surface area contributed by atoms with Gasteiger partial charge in [0.2, 0.25) is 5.91 Å². The van der Waals surface area contributed by atoms with Crippen molar-refractivity contribution in [2.45, 2.75) is 19.3 Å². The van der Waals surface area contributed by atoms with Crippen LogP contribution < -0.4 is 5.32 Å². The third kappa shape index (κ3) is 8.05. The van der Waals surface area contributed by atoms with Crippen LogP contribution in [0.25, 0.3) is 0 Å². The Morgan fingerprint density at radius 3 is 2.62 bits per heavy atom. The summed E-state index contributed by atoms with van der Waals surface area (Å²) in [5.41, 5.74) is 1.21. The first-order valence-electron chi connectivity index (χ1n) is 6.98. The summed E-state index contributed by atoms with van der Waals surface area (Å²) in [7, 11) is 2.10. The van der Waals surface area contributed by atoms with Gasteiger partial charge < -0.3 is 10.2 Å². The quantitative estimate of drug-likeness (QED) is 0.510. The van der Waals surface area contributed by atoms with Gasteiger partial charge in [-0.15, -0.1) is 0 Å². The molecule has 0 fully saturated rings. The minimum Gasteiger partial charge on any atom is -0.355 e.